The first-order chi connectivity index (χ1) is 28.3. The minimum absolute atomic E-state index is 1.10. The van der Waals surface area contributed by atoms with Crippen LogP contribution in [0.3, 0.4) is 0 Å². The average molecular weight is 724 g/mol. The van der Waals surface area contributed by atoms with E-state index < -0.39 is 0 Å². The second-order valence-electron chi connectivity index (χ2n) is 14.9. The van der Waals surface area contributed by atoms with E-state index in [0.717, 1.165) is 17.1 Å². The van der Waals surface area contributed by atoms with Crippen LogP contribution < -0.4 is 4.90 Å². The van der Waals surface area contributed by atoms with Crippen LogP contribution in [0, 0.1) is 0 Å². The maximum Gasteiger partial charge on any atom is 0.0546 e. The van der Waals surface area contributed by atoms with Crippen molar-refractivity contribution in [1.82, 2.24) is 0 Å². The van der Waals surface area contributed by atoms with E-state index in [1.54, 1.807) is 0 Å². The van der Waals surface area contributed by atoms with E-state index in [4.69, 9.17) is 0 Å². The molecule has 0 aromatic heterocycles. The van der Waals surface area contributed by atoms with E-state index in [1.165, 1.54) is 87.2 Å². The largest absolute Gasteiger partial charge is 0.310 e. The second-order valence-corrected chi connectivity index (χ2v) is 14.9. The van der Waals surface area contributed by atoms with Gasteiger partial charge in [-0.2, -0.15) is 0 Å². The standard InChI is InChI=1S/C56H37N/c1-2-15-38(16-3-1)41-20-13-23-46(34-41)57(55-37-44-18-5-6-25-48(44)50-27-8-10-29-52(50)55)47-24-14-21-42(35-47)40-19-12-22-43(33-40)54-36-45-32-31-39-17-4-7-26-49(39)56(45)53-30-11-9-28-51(53)54/h1-37H. The van der Waals surface area contributed by atoms with Crippen LogP contribution in [0.2, 0.25) is 0 Å². The van der Waals surface area contributed by atoms with E-state index in [9.17, 15) is 0 Å². The van der Waals surface area contributed by atoms with Crippen molar-refractivity contribution in [3.05, 3.63) is 224 Å². The van der Waals surface area contributed by atoms with E-state index in [2.05, 4.69) is 229 Å². The van der Waals surface area contributed by atoms with Crippen molar-refractivity contribution in [3.63, 3.8) is 0 Å². The van der Waals surface area contributed by atoms with Crippen LogP contribution in [0.25, 0.3) is 87.2 Å². The molecule has 0 saturated carbocycles. The highest BCUT2D eigenvalue weighted by molar-refractivity contribution is 6.23. The van der Waals surface area contributed by atoms with Gasteiger partial charge in [-0.3, -0.25) is 0 Å². The molecule has 0 saturated heterocycles. The van der Waals surface area contributed by atoms with Crippen molar-refractivity contribution in [2.45, 2.75) is 0 Å². The van der Waals surface area contributed by atoms with Gasteiger partial charge < -0.3 is 4.90 Å². The molecule has 0 amide bonds. The zero-order chi connectivity index (χ0) is 37.7. The first kappa shape index (κ1) is 32.9. The Morgan fingerprint density at radius 1 is 0.246 bits per heavy atom. The maximum atomic E-state index is 2.44. The number of benzene rings is 11. The summed E-state index contributed by atoms with van der Waals surface area (Å²) in [5.74, 6) is 0. The van der Waals surface area contributed by atoms with Gasteiger partial charge in [0, 0.05) is 16.8 Å². The predicted molar refractivity (Wildman–Crippen MR) is 245 cm³/mol. The van der Waals surface area contributed by atoms with Crippen LogP contribution in [0.5, 0.6) is 0 Å². The lowest BCUT2D eigenvalue weighted by molar-refractivity contribution is 1.30. The van der Waals surface area contributed by atoms with Gasteiger partial charge >= 0.3 is 0 Å². The molecule has 0 bridgehead atoms. The lowest BCUT2D eigenvalue weighted by Gasteiger charge is -2.28. The average Bonchev–Trinajstić information content (AvgIpc) is 3.29. The lowest BCUT2D eigenvalue weighted by Crippen LogP contribution is -2.11. The van der Waals surface area contributed by atoms with E-state index in [1.807, 2.05) is 0 Å². The summed E-state index contributed by atoms with van der Waals surface area (Å²) in [6, 6.07) is 82.1. The minimum atomic E-state index is 1.10. The van der Waals surface area contributed by atoms with E-state index in [0.29, 0.717) is 0 Å². The third-order valence-electron chi connectivity index (χ3n) is 11.6. The first-order valence-corrected chi connectivity index (χ1v) is 19.7. The minimum Gasteiger partial charge on any atom is -0.310 e. The Morgan fingerprint density at radius 2 is 0.754 bits per heavy atom. The van der Waals surface area contributed by atoms with Crippen molar-refractivity contribution in [3.8, 4) is 33.4 Å². The lowest BCUT2D eigenvalue weighted by atomic mass is 9.90. The van der Waals surface area contributed by atoms with Gasteiger partial charge in [0.1, 0.15) is 0 Å². The number of fused-ring (bicyclic) bond motifs is 8. The van der Waals surface area contributed by atoms with Gasteiger partial charge in [-0.25, -0.2) is 0 Å². The molecule has 11 aromatic carbocycles. The monoisotopic (exact) mass is 723 g/mol. The smallest absolute Gasteiger partial charge is 0.0546 e. The summed E-state index contributed by atoms with van der Waals surface area (Å²) in [6.45, 7) is 0. The topological polar surface area (TPSA) is 3.24 Å². The van der Waals surface area contributed by atoms with Gasteiger partial charge in [-0.1, -0.05) is 182 Å². The van der Waals surface area contributed by atoms with Gasteiger partial charge in [0.25, 0.3) is 0 Å². The molecule has 0 radical (unpaired) electrons. The Kier molecular flexibility index (Phi) is 7.89. The quantitative estimate of drug-likeness (QED) is 0.154. The van der Waals surface area contributed by atoms with Crippen LogP contribution in [0.15, 0.2) is 224 Å². The number of anilines is 3. The van der Waals surface area contributed by atoms with Gasteiger partial charge in [0.15, 0.2) is 0 Å². The first-order valence-electron chi connectivity index (χ1n) is 19.7. The summed E-state index contributed by atoms with van der Waals surface area (Å²) >= 11 is 0. The molecule has 11 rings (SSSR count). The Morgan fingerprint density at radius 3 is 1.51 bits per heavy atom. The van der Waals surface area contributed by atoms with Gasteiger partial charge in [0.05, 0.1) is 5.69 Å². The molecule has 0 aliphatic heterocycles. The maximum absolute atomic E-state index is 2.44. The molecule has 57 heavy (non-hydrogen) atoms. The van der Waals surface area contributed by atoms with E-state index in [-0.39, 0.29) is 0 Å². The van der Waals surface area contributed by atoms with Crippen LogP contribution in [-0.4, -0.2) is 0 Å². The molecule has 1 nitrogen and oxygen atoms in total. The van der Waals surface area contributed by atoms with Crippen LogP contribution >= 0.6 is 0 Å². The fourth-order valence-electron chi connectivity index (χ4n) is 8.91. The van der Waals surface area contributed by atoms with Crippen LogP contribution in [0.4, 0.5) is 17.1 Å². The molecule has 0 fully saturated rings. The molecule has 0 heterocycles. The molecule has 1 heteroatoms. The third-order valence-corrected chi connectivity index (χ3v) is 11.6. The summed E-state index contributed by atoms with van der Waals surface area (Å²) < 4.78 is 0. The number of nitrogens with zero attached hydrogens (tertiary/aromatic N) is 1. The highest BCUT2D eigenvalue weighted by Crippen LogP contribution is 2.44. The molecular formula is C56H37N. The predicted octanol–water partition coefficient (Wildman–Crippen LogP) is 15.9. The fourth-order valence-corrected chi connectivity index (χ4v) is 8.91. The molecule has 0 aliphatic carbocycles. The van der Waals surface area contributed by atoms with Gasteiger partial charge in [0.2, 0.25) is 0 Å². The van der Waals surface area contributed by atoms with Crippen molar-refractivity contribution in [2.24, 2.45) is 0 Å². The zero-order valence-corrected chi connectivity index (χ0v) is 31.3. The Hall–Kier alpha value is -7.48. The normalized spacial score (nSPS) is 11.5. The molecule has 0 atom stereocenters. The van der Waals surface area contributed by atoms with Crippen LogP contribution in [0.1, 0.15) is 0 Å². The summed E-state index contributed by atoms with van der Waals surface area (Å²) in [5.41, 5.74) is 10.5. The molecule has 0 aliphatic rings. The van der Waals surface area contributed by atoms with Crippen molar-refractivity contribution in [2.75, 3.05) is 4.90 Å². The highest BCUT2D eigenvalue weighted by Gasteiger charge is 2.19. The summed E-state index contributed by atoms with van der Waals surface area (Å²) in [6.07, 6.45) is 0. The zero-order valence-electron chi connectivity index (χ0n) is 31.3. The Balaban J connectivity index is 1.09. The molecular weight excluding hydrogens is 687 g/mol. The molecule has 11 aromatic rings. The Bertz CT molecular complexity index is 3300. The molecule has 0 spiro atoms. The number of hydrogen-bond donors (Lipinski definition) is 0. The SMILES string of the molecule is c1ccc(-c2cccc(N(c3cccc(-c4cccc(-c5cc6ccc7ccccc7c6c6ccccc56)c4)c3)c3cc4ccccc4c4ccccc34)c2)cc1. The molecule has 0 unspecified atom stereocenters. The molecule has 0 N–H and O–H groups in total. The summed E-state index contributed by atoms with van der Waals surface area (Å²) in [5, 5.41) is 12.6. The van der Waals surface area contributed by atoms with Gasteiger partial charge in [-0.05, 0) is 124 Å². The fraction of sp³-hybridized carbons (Fsp3) is 0. The summed E-state index contributed by atoms with van der Waals surface area (Å²) in [7, 11) is 0. The Labute approximate surface area is 332 Å². The van der Waals surface area contributed by atoms with Crippen molar-refractivity contribution < 1.29 is 0 Å². The van der Waals surface area contributed by atoms with Crippen LogP contribution in [-0.2, 0) is 0 Å². The van der Waals surface area contributed by atoms with Crippen molar-refractivity contribution >= 4 is 70.9 Å². The second kappa shape index (κ2) is 13.7. The van der Waals surface area contributed by atoms with Gasteiger partial charge in [-0.15, -0.1) is 0 Å². The summed E-state index contributed by atoms with van der Waals surface area (Å²) in [4.78, 5) is 2.44. The number of hydrogen-bond acceptors (Lipinski definition) is 1. The third kappa shape index (κ3) is 5.72. The highest BCUT2D eigenvalue weighted by atomic mass is 15.1. The molecule has 266 valence electrons. The number of rotatable bonds is 6. The van der Waals surface area contributed by atoms with Crippen molar-refractivity contribution in [1.29, 1.82) is 0 Å². The van der Waals surface area contributed by atoms with E-state index >= 15 is 0 Å².